The number of pyridine rings is 1. The van der Waals surface area contributed by atoms with Crippen LogP contribution in [0.4, 0.5) is 0 Å². The molecule has 0 spiro atoms. The second-order valence-electron chi connectivity index (χ2n) is 4.83. The number of methoxy groups -OCH3 is 1. The van der Waals surface area contributed by atoms with Gasteiger partial charge < -0.3 is 15.2 Å². The first-order valence-corrected chi connectivity index (χ1v) is 7.15. The van der Waals surface area contributed by atoms with E-state index in [2.05, 4.69) is 4.98 Å². The van der Waals surface area contributed by atoms with E-state index >= 15 is 0 Å². The molecule has 5 heteroatoms. The monoisotopic (exact) mass is 300 g/mol. The molecule has 22 heavy (non-hydrogen) atoms. The zero-order valence-corrected chi connectivity index (χ0v) is 12.8. The van der Waals surface area contributed by atoms with Crippen molar-refractivity contribution in [2.24, 2.45) is 5.73 Å². The number of nitrogens with two attached hydrogens (primary N) is 1. The topological polar surface area (TPSA) is 74.4 Å². The lowest BCUT2D eigenvalue weighted by atomic mass is 9.99. The van der Waals surface area contributed by atoms with E-state index in [1.807, 2.05) is 30.3 Å². The van der Waals surface area contributed by atoms with Gasteiger partial charge in [-0.1, -0.05) is 18.2 Å². The summed E-state index contributed by atoms with van der Waals surface area (Å²) in [6, 6.07) is 11.1. The van der Waals surface area contributed by atoms with Crippen LogP contribution >= 0.6 is 0 Å². The van der Waals surface area contributed by atoms with Crippen molar-refractivity contribution in [2.45, 2.75) is 19.4 Å². The zero-order chi connectivity index (χ0) is 15.9. The van der Waals surface area contributed by atoms with Crippen LogP contribution < -0.4 is 10.5 Å². The number of hydrogen-bond acceptors (Lipinski definition) is 5. The molecule has 2 aromatic rings. The van der Waals surface area contributed by atoms with Crippen LogP contribution in [0.1, 0.15) is 24.9 Å². The maximum absolute atomic E-state index is 11.5. The average molecular weight is 300 g/mol. The predicted octanol–water partition coefficient (Wildman–Crippen LogP) is 2.71. The SMILES string of the molecule is CCOC(=O)C[C@H](N)c1cccc(-c2ccc(OC)nc2)c1. The Morgan fingerprint density at radius 1 is 1.27 bits per heavy atom. The van der Waals surface area contributed by atoms with Gasteiger partial charge in [-0.2, -0.15) is 0 Å². The van der Waals surface area contributed by atoms with Gasteiger partial charge in [0.1, 0.15) is 0 Å². The highest BCUT2D eigenvalue weighted by atomic mass is 16.5. The largest absolute Gasteiger partial charge is 0.481 e. The molecule has 0 saturated carbocycles. The molecule has 5 nitrogen and oxygen atoms in total. The highest BCUT2D eigenvalue weighted by Gasteiger charge is 2.13. The average Bonchev–Trinajstić information content (AvgIpc) is 2.55. The van der Waals surface area contributed by atoms with Crippen molar-refractivity contribution in [1.82, 2.24) is 4.98 Å². The molecule has 0 aliphatic carbocycles. The lowest BCUT2D eigenvalue weighted by Gasteiger charge is -2.13. The summed E-state index contributed by atoms with van der Waals surface area (Å²) in [6.07, 6.45) is 1.91. The molecule has 0 amide bonds. The highest BCUT2D eigenvalue weighted by Crippen LogP contribution is 2.24. The van der Waals surface area contributed by atoms with Gasteiger partial charge in [-0.25, -0.2) is 4.98 Å². The van der Waals surface area contributed by atoms with Gasteiger partial charge in [0.05, 0.1) is 20.1 Å². The molecular formula is C17H20N2O3. The number of carbonyl (C=O) groups excluding carboxylic acids is 1. The number of nitrogens with zero attached hydrogens (tertiary/aromatic N) is 1. The Bertz CT molecular complexity index is 626. The van der Waals surface area contributed by atoms with Crippen LogP contribution in [0.3, 0.4) is 0 Å². The molecule has 0 saturated heterocycles. The second-order valence-corrected chi connectivity index (χ2v) is 4.83. The van der Waals surface area contributed by atoms with Crippen molar-refractivity contribution >= 4 is 5.97 Å². The van der Waals surface area contributed by atoms with Gasteiger partial charge in [0.15, 0.2) is 0 Å². The molecule has 0 unspecified atom stereocenters. The van der Waals surface area contributed by atoms with E-state index in [4.69, 9.17) is 15.2 Å². The molecule has 1 atom stereocenters. The maximum atomic E-state index is 11.5. The standard InChI is InChI=1S/C17H20N2O3/c1-3-22-17(20)10-15(18)13-6-4-5-12(9-13)14-7-8-16(21-2)19-11-14/h4-9,11,15H,3,10,18H2,1-2H3/t15-/m0/s1. The summed E-state index contributed by atoms with van der Waals surface area (Å²) in [5, 5.41) is 0. The predicted molar refractivity (Wildman–Crippen MR) is 84.4 cm³/mol. The van der Waals surface area contributed by atoms with Crippen molar-refractivity contribution < 1.29 is 14.3 Å². The molecule has 1 aromatic carbocycles. The van der Waals surface area contributed by atoms with E-state index in [1.54, 1.807) is 26.3 Å². The fraction of sp³-hybridized carbons (Fsp3) is 0.294. The van der Waals surface area contributed by atoms with Gasteiger partial charge in [-0.05, 0) is 30.2 Å². The molecule has 2 rings (SSSR count). The third kappa shape index (κ3) is 4.05. The summed E-state index contributed by atoms with van der Waals surface area (Å²) < 4.78 is 9.98. The Kier molecular flexibility index (Phi) is 5.49. The summed E-state index contributed by atoms with van der Waals surface area (Å²) in [7, 11) is 1.58. The number of benzene rings is 1. The highest BCUT2D eigenvalue weighted by molar-refractivity contribution is 5.71. The third-order valence-corrected chi connectivity index (χ3v) is 3.29. The molecule has 2 N–H and O–H groups in total. The normalized spacial score (nSPS) is 11.8. The summed E-state index contributed by atoms with van der Waals surface area (Å²) in [6.45, 7) is 2.14. The van der Waals surface area contributed by atoms with Crippen molar-refractivity contribution in [3.05, 3.63) is 48.2 Å². The Hall–Kier alpha value is -2.40. The van der Waals surface area contributed by atoms with E-state index in [0.717, 1.165) is 16.7 Å². The number of hydrogen-bond donors (Lipinski definition) is 1. The Labute approximate surface area is 130 Å². The van der Waals surface area contributed by atoms with E-state index in [0.29, 0.717) is 12.5 Å². The quantitative estimate of drug-likeness (QED) is 0.830. The Morgan fingerprint density at radius 3 is 2.73 bits per heavy atom. The van der Waals surface area contributed by atoms with Crippen molar-refractivity contribution in [3.8, 4) is 17.0 Å². The van der Waals surface area contributed by atoms with Crippen molar-refractivity contribution in [1.29, 1.82) is 0 Å². The van der Waals surface area contributed by atoms with Crippen LogP contribution in [0.15, 0.2) is 42.6 Å². The van der Waals surface area contributed by atoms with Crippen LogP contribution in [-0.2, 0) is 9.53 Å². The first-order valence-electron chi connectivity index (χ1n) is 7.15. The molecule has 0 bridgehead atoms. The van der Waals surface area contributed by atoms with Gasteiger partial charge in [0.2, 0.25) is 5.88 Å². The second kappa shape index (κ2) is 7.56. The lowest BCUT2D eigenvalue weighted by molar-refractivity contribution is -0.143. The minimum Gasteiger partial charge on any atom is -0.481 e. The lowest BCUT2D eigenvalue weighted by Crippen LogP contribution is -2.17. The zero-order valence-electron chi connectivity index (χ0n) is 12.8. The summed E-state index contributed by atoms with van der Waals surface area (Å²) >= 11 is 0. The van der Waals surface area contributed by atoms with Crippen molar-refractivity contribution in [3.63, 3.8) is 0 Å². The van der Waals surface area contributed by atoms with Crippen LogP contribution in [0.2, 0.25) is 0 Å². The van der Waals surface area contributed by atoms with Gasteiger partial charge >= 0.3 is 5.97 Å². The van der Waals surface area contributed by atoms with Crippen LogP contribution in [0.25, 0.3) is 11.1 Å². The Balaban J connectivity index is 2.16. The molecule has 0 aliphatic heterocycles. The van der Waals surface area contributed by atoms with Crippen LogP contribution in [0.5, 0.6) is 5.88 Å². The fourth-order valence-electron chi connectivity index (χ4n) is 2.14. The number of aromatic nitrogens is 1. The minimum atomic E-state index is -0.384. The molecule has 1 heterocycles. The van der Waals surface area contributed by atoms with Gasteiger partial charge in [0.25, 0.3) is 0 Å². The number of rotatable bonds is 6. The van der Waals surface area contributed by atoms with E-state index in [9.17, 15) is 4.79 Å². The van der Waals surface area contributed by atoms with E-state index < -0.39 is 0 Å². The van der Waals surface area contributed by atoms with Gasteiger partial charge in [0, 0.05) is 23.9 Å². The smallest absolute Gasteiger partial charge is 0.307 e. The molecule has 116 valence electrons. The molecule has 0 fully saturated rings. The summed E-state index contributed by atoms with van der Waals surface area (Å²) in [5.74, 6) is 0.283. The summed E-state index contributed by atoms with van der Waals surface area (Å²) in [4.78, 5) is 15.7. The molecular weight excluding hydrogens is 280 g/mol. The number of ether oxygens (including phenoxy) is 2. The fourth-order valence-corrected chi connectivity index (χ4v) is 2.14. The van der Waals surface area contributed by atoms with E-state index in [1.165, 1.54) is 0 Å². The first kappa shape index (κ1) is 16.0. The third-order valence-electron chi connectivity index (χ3n) is 3.29. The van der Waals surface area contributed by atoms with Gasteiger partial charge in [-0.3, -0.25) is 4.79 Å². The maximum Gasteiger partial charge on any atom is 0.307 e. The number of esters is 1. The Morgan fingerprint density at radius 2 is 2.09 bits per heavy atom. The first-order chi connectivity index (χ1) is 10.6. The molecule has 0 radical (unpaired) electrons. The number of carbonyl (C=O) groups is 1. The van der Waals surface area contributed by atoms with Gasteiger partial charge in [-0.15, -0.1) is 0 Å². The van der Waals surface area contributed by atoms with Crippen LogP contribution in [0, 0.1) is 0 Å². The summed E-state index contributed by atoms with van der Waals surface area (Å²) in [5.41, 5.74) is 8.93. The molecule has 1 aromatic heterocycles. The molecule has 0 aliphatic rings. The van der Waals surface area contributed by atoms with Crippen molar-refractivity contribution in [2.75, 3.05) is 13.7 Å². The van der Waals surface area contributed by atoms with E-state index in [-0.39, 0.29) is 18.4 Å². The minimum absolute atomic E-state index is 0.165. The van der Waals surface area contributed by atoms with Crippen LogP contribution in [-0.4, -0.2) is 24.7 Å².